The zero-order valence-corrected chi connectivity index (χ0v) is 13.9. The third kappa shape index (κ3) is 6.11. The van der Waals surface area contributed by atoms with Crippen LogP contribution >= 0.6 is 0 Å². The summed E-state index contributed by atoms with van der Waals surface area (Å²) >= 11 is 0. The van der Waals surface area contributed by atoms with Gasteiger partial charge in [-0.05, 0) is 41.7 Å². The SMILES string of the molecule is C=CC(=O)OCc1cccc(CCc2cccc(OC(=O)C=C)c2)c1. The molecule has 2 aromatic carbocycles. The summed E-state index contributed by atoms with van der Waals surface area (Å²) in [5.74, 6) is -0.400. The van der Waals surface area contributed by atoms with Crippen molar-refractivity contribution in [3.63, 3.8) is 0 Å². The van der Waals surface area contributed by atoms with Gasteiger partial charge in [0.15, 0.2) is 0 Å². The fraction of sp³-hybridized carbons (Fsp3) is 0.143. The molecular weight excluding hydrogens is 316 g/mol. The molecule has 0 bridgehead atoms. The molecule has 0 atom stereocenters. The minimum atomic E-state index is -0.473. The van der Waals surface area contributed by atoms with E-state index in [4.69, 9.17) is 9.47 Å². The molecule has 0 N–H and O–H groups in total. The quantitative estimate of drug-likeness (QED) is 0.418. The molecule has 0 aliphatic rings. The fourth-order valence-corrected chi connectivity index (χ4v) is 2.30. The number of carbonyl (C=O) groups excluding carboxylic acids is 2. The molecule has 0 aliphatic carbocycles. The lowest BCUT2D eigenvalue weighted by atomic mass is 10.0. The van der Waals surface area contributed by atoms with Crippen LogP contribution in [0.5, 0.6) is 5.75 Å². The van der Waals surface area contributed by atoms with E-state index in [1.807, 2.05) is 42.5 Å². The second-order valence-corrected chi connectivity index (χ2v) is 5.40. The number of hydrogen-bond donors (Lipinski definition) is 0. The molecule has 0 fully saturated rings. The largest absolute Gasteiger partial charge is 0.458 e. The van der Waals surface area contributed by atoms with Crippen LogP contribution in [0, 0.1) is 0 Å². The molecule has 128 valence electrons. The normalized spacial score (nSPS) is 9.92. The second-order valence-electron chi connectivity index (χ2n) is 5.40. The Balaban J connectivity index is 1.95. The Kier molecular flexibility index (Phi) is 6.72. The molecular formula is C21H20O4. The highest BCUT2D eigenvalue weighted by atomic mass is 16.5. The van der Waals surface area contributed by atoms with Crippen LogP contribution in [0.3, 0.4) is 0 Å². The molecule has 4 nitrogen and oxygen atoms in total. The van der Waals surface area contributed by atoms with E-state index >= 15 is 0 Å². The van der Waals surface area contributed by atoms with Crippen LogP contribution in [-0.4, -0.2) is 11.9 Å². The lowest BCUT2D eigenvalue weighted by Gasteiger charge is -2.07. The van der Waals surface area contributed by atoms with Crippen molar-refractivity contribution in [1.29, 1.82) is 0 Å². The maximum atomic E-state index is 11.3. The Bertz CT molecular complexity index is 777. The third-order valence-electron chi connectivity index (χ3n) is 3.53. The van der Waals surface area contributed by atoms with Crippen molar-refractivity contribution in [2.24, 2.45) is 0 Å². The first-order valence-electron chi connectivity index (χ1n) is 7.91. The van der Waals surface area contributed by atoms with Crippen molar-refractivity contribution in [3.05, 3.63) is 90.5 Å². The average Bonchev–Trinajstić information content (AvgIpc) is 2.65. The average molecular weight is 336 g/mol. The van der Waals surface area contributed by atoms with Crippen LogP contribution in [0.4, 0.5) is 0 Å². The summed E-state index contributed by atoms with van der Waals surface area (Å²) in [5, 5.41) is 0. The highest BCUT2D eigenvalue weighted by Gasteiger charge is 2.03. The summed E-state index contributed by atoms with van der Waals surface area (Å²) in [6.07, 6.45) is 3.91. The number of carbonyl (C=O) groups is 2. The Morgan fingerprint density at radius 1 is 0.840 bits per heavy atom. The van der Waals surface area contributed by atoms with E-state index in [9.17, 15) is 9.59 Å². The maximum Gasteiger partial charge on any atom is 0.335 e. The molecule has 25 heavy (non-hydrogen) atoms. The van der Waals surface area contributed by atoms with Crippen molar-refractivity contribution < 1.29 is 19.1 Å². The van der Waals surface area contributed by atoms with E-state index in [2.05, 4.69) is 13.2 Å². The first-order chi connectivity index (χ1) is 12.1. The van der Waals surface area contributed by atoms with Gasteiger partial charge in [0.1, 0.15) is 12.4 Å². The van der Waals surface area contributed by atoms with E-state index in [-0.39, 0.29) is 6.61 Å². The predicted octanol–water partition coefficient (Wildman–Crippen LogP) is 3.79. The molecule has 0 unspecified atom stereocenters. The van der Waals surface area contributed by atoms with Crippen molar-refractivity contribution in [3.8, 4) is 5.75 Å². The fourth-order valence-electron chi connectivity index (χ4n) is 2.30. The lowest BCUT2D eigenvalue weighted by molar-refractivity contribution is -0.139. The highest BCUT2D eigenvalue weighted by molar-refractivity contribution is 5.83. The van der Waals surface area contributed by atoms with Crippen LogP contribution in [0.25, 0.3) is 0 Å². The van der Waals surface area contributed by atoms with Crippen molar-refractivity contribution in [2.45, 2.75) is 19.4 Å². The number of esters is 2. The van der Waals surface area contributed by atoms with E-state index in [0.29, 0.717) is 5.75 Å². The van der Waals surface area contributed by atoms with Gasteiger partial charge in [-0.2, -0.15) is 0 Å². The van der Waals surface area contributed by atoms with E-state index < -0.39 is 11.9 Å². The van der Waals surface area contributed by atoms with Gasteiger partial charge in [-0.25, -0.2) is 9.59 Å². The second kappa shape index (κ2) is 9.23. The number of rotatable bonds is 8. The zero-order valence-electron chi connectivity index (χ0n) is 13.9. The number of aryl methyl sites for hydroxylation is 2. The predicted molar refractivity (Wildman–Crippen MR) is 96.1 cm³/mol. The number of ether oxygens (including phenoxy) is 2. The molecule has 0 saturated heterocycles. The van der Waals surface area contributed by atoms with Crippen molar-refractivity contribution in [1.82, 2.24) is 0 Å². The van der Waals surface area contributed by atoms with E-state index in [1.54, 1.807) is 6.07 Å². The molecule has 0 radical (unpaired) electrons. The summed E-state index contributed by atoms with van der Waals surface area (Å²) < 4.78 is 10.2. The molecule has 0 amide bonds. The van der Waals surface area contributed by atoms with Crippen LogP contribution < -0.4 is 4.74 Å². The molecule has 0 saturated carbocycles. The highest BCUT2D eigenvalue weighted by Crippen LogP contribution is 2.16. The summed E-state index contributed by atoms with van der Waals surface area (Å²) in [6.45, 7) is 6.98. The zero-order chi connectivity index (χ0) is 18.1. The number of hydrogen-bond acceptors (Lipinski definition) is 4. The molecule has 2 aromatic rings. The molecule has 0 aliphatic heterocycles. The van der Waals surface area contributed by atoms with Crippen LogP contribution in [0.1, 0.15) is 16.7 Å². The Morgan fingerprint density at radius 2 is 1.44 bits per heavy atom. The first kappa shape index (κ1) is 18.2. The minimum Gasteiger partial charge on any atom is -0.458 e. The van der Waals surface area contributed by atoms with Crippen LogP contribution in [0.15, 0.2) is 73.8 Å². The molecule has 0 heterocycles. The minimum absolute atomic E-state index is 0.228. The summed E-state index contributed by atoms with van der Waals surface area (Å²) in [5.41, 5.74) is 3.14. The summed E-state index contributed by atoms with van der Waals surface area (Å²) in [4.78, 5) is 22.4. The van der Waals surface area contributed by atoms with Crippen molar-refractivity contribution in [2.75, 3.05) is 0 Å². The third-order valence-corrected chi connectivity index (χ3v) is 3.53. The Labute approximate surface area is 147 Å². The van der Waals surface area contributed by atoms with Crippen LogP contribution in [-0.2, 0) is 33.8 Å². The van der Waals surface area contributed by atoms with E-state index in [0.717, 1.165) is 41.7 Å². The Hall–Kier alpha value is -3.14. The molecule has 0 aromatic heterocycles. The van der Waals surface area contributed by atoms with Gasteiger partial charge in [0.2, 0.25) is 0 Å². The van der Waals surface area contributed by atoms with Gasteiger partial charge in [-0.3, -0.25) is 0 Å². The van der Waals surface area contributed by atoms with Gasteiger partial charge in [-0.15, -0.1) is 0 Å². The van der Waals surface area contributed by atoms with Crippen molar-refractivity contribution >= 4 is 11.9 Å². The topological polar surface area (TPSA) is 52.6 Å². The van der Waals surface area contributed by atoms with Gasteiger partial charge in [0, 0.05) is 12.2 Å². The maximum absolute atomic E-state index is 11.3. The van der Waals surface area contributed by atoms with Gasteiger partial charge >= 0.3 is 11.9 Å². The van der Waals surface area contributed by atoms with Gasteiger partial charge in [0.25, 0.3) is 0 Å². The molecule has 0 spiro atoms. The summed E-state index contributed by atoms with van der Waals surface area (Å²) in [6, 6.07) is 15.3. The molecule has 2 rings (SSSR count). The van der Waals surface area contributed by atoms with Crippen LogP contribution in [0.2, 0.25) is 0 Å². The van der Waals surface area contributed by atoms with Gasteiger partial charge < -0.3 is 9.47 Å². The monoisotopic (exact) mass is 336 g/mol. The van der Waals surface area contributed by atoms with Gasteiger partial charge in [-0.1, -0.05) is 49.6 Å². The van der Waals surface area contributed by atoms with Gasteiger partial charge in [0.05, 0.1) is 0 Å². The summed E-state index contributed by atoms with van der Waals surface area (Å²) in [7, 11) is 0. The van der Waals surface area contributed by atoms with E-state index in [1.165, 1.54) is 0 Å². The Morgan fingerprint density at radius 3 is 2.12 bits per heavy atom. The smallest absolute Gasteiger partial charge is 0.335 e. The number of benzene rings is 2. The lowest BCUT2D eigenvalue weighted by Crippen LogP contribution is -2.03. The first-order valence-corrected chi connectivity index (χ1v) is 7.91. The molecule has 4 heteroatoms. The standard InChI is InChI=1S/C21H20O4/c1-3-20(22)24-15-18-9-5-7-16(13-18)11-12-17-8-6-10-19(14-17)25-21(23)4-2/h3-10,13-14H,1-2,11-12,15H2.